The molecule has 96 valence electrons. The van der Waals surface area contributed by atoms with Crippen LogP contribution in [0.4, 0.5) is 5.69 Å². The fourth-order valence-corrected chi connectivity index (χ4v) is 1.75. The van der Waals surface area contributed by atoms with Crippen molar-refractivity contribution in [3.8, 4) is 6.07 Å². The molecular formula is C15H20N2O. The molecule has 1 N–H and O–H groups in total. The maximum atomic E-state index is 11.9. The molecule has 0 aliphatic heterocycles. The monoisotopic (exact) mass is 244 g/mol. The van der Waals surface area contributed by atoms with Gasteiger partial charge in [-0.05, 0) is 30.0 Å². The van der Waals surface area contributed by atoms with Gasteiger partial charge in [-0.3, -0.25) is 4.79 Å². The second-order valence-electron chi connectivity index (χ2n) is 4.74. The van der Waals surface area contributed by atoms with Gasteiger partial charge >= 0.3 is 0 Å². The van der Waals surface area contributed by atoms with Crippen LogP contribution < -0.4 is 5.32 Å². The van der Waals surface area contributed by atoms with Crippen molar-refractivity contribution in [2.75, 3.05) is 5.32 Å². The maximum absolute atomic E-state index is 11.9. The summed E-state index contributed by atoms with van der Waals surface area (Å²) in [6.07, 6.45) is 1.43. The number of benzene rings is 1. The number of anilines is 1. The van der Waals surface area contributed by atoms with Gasteiger partial charge in [-0.2, -0.15) is 5.26 Å². The lowest BCUT2D eigenvalue weighted by atomic mass is 10.0. The highest BCUT2D eigenvalue weighted by atomic mass is 16.1. The summed E-state index contributed by atoms with van der Waals surface area (Å²) in [5, 5.41) is 11.7. The third kappa shape index (κ3) is 3.89. The van der Waals surface area contributed by atoms with Crippen LogP contribution in [0.25, 0.3) is 0 Å². The second kappa shape index (κ2) is 6.80. The van der Waals surface area contributed by atoms with Crippen LogP contribution in [-0.4, -0.2) is 5.91 Å². The van der Waals surface area contributed by atoms with E-state index in [1.165, 1.54) is 5.56 Å². The highest BCUT2D eigenvalue weighted by molar-refractivity contribution is 5.94. The van der Waals surface area contributed by atoms with E-state index < -0.39 is 5.92 Å². The van der Waals surface area contributed by atoms with Crippen LogP contribution in [0.15, 0.2) is 24.3 Å². The molecule has 1 aromatic carbocycles. The van der Waals surface area contributed by atoms with Gasteiger partial charge in [0.15, 0.2) is 0 Å². The molecular weight excluding hydrogens is 224 g/mol. The molecule has 0 saturated carbocycles. The van der Waals surface area contributed by atoms with Crippen molar-refractivity contribution in [1.82, 2.24) is 0 Å². The van der Waals surface area contributed by atoms with E-state index in [0.717, 1.165) is 12.1 Å². The third-order valence-electron chi connectivity index (χ3n) is 2.87. The first kappa shape index (κ1) is 14.2. The molecule has 0 aromatic heterocycles. The summed E-state index contributed by atoms with van der Waals surface area (Å²) < 4.78 is 0. The number of rotatable bonds is 5. The number of nitrogens with one attached hydrogen (secondary N) is 1. The Kier molecular flexibility index (Phi) is 5.38. The van der Waals surface area contributed by atoms with Crippen molar-refractivity contribution in [2.24, 2.45) is 5.92 Å². The first-order chi connectivity index (χ1) is 8.58. The van der Waals surface area contributed by atoms with E-state index in [1.54, 1.807) is 0 Å². The Labute approximate surface area is 109 Å². The van der Waals surface area contributed by atoms with Crippen molar-refractivity contribution in [1.29, 1.82) is 5.26 Å². The molecule has 0 saturated heterocycles. The zero-order valence-corrected chi connectivity index (χ0v) is 11.2. The van der Waals surface area contributed by atoms with E-state index in [0.29, 0.717) is 12.3 Å². The summed E-state index contributed by atoms with van der Waals surface area (Å²) >= 11 is 0. The zero-order chi connectivity index (χ0) is 13.5. The van der Waals surface area contributed by atoms with Gasteiger partial charge in [0.25, 0.3) is 0 Å². The van der Waals surface area contributed by atoms with Gasteiger partial charge in [0, 0.05) is 5.69 Å². The minimum absolute atomic E-state index is 0.208. The first-order valence-electron chi connectivity index (χ1n) is 6.39. The lowest BCUT2D eigenvalue weighted by Crippen LogP contribution is -2.21. The van der Waals surface area contributed by atoms with Crippen LogP contribution in [0.3, 0.4) is 0 Å². The molecule has 0 heterocycles. The fraction of sp³-hybridized carbons (Fsp3) is 0.467. The largest absolute Gasteiger partial charge is 0.325 e. The summed E-state index contributed by atoms with van der Waals surface area (Å²) in [7, 11) is 0. The Morgan fingerprint density at radius 2 is 2.17 bits per heavy atom. The summed E-state index contributed by atoms with van der Waals surface area (Å²) in [6, 6.07) is 9.82. The van der Waals surface area contributed by atoms with Crippen LogP contribution >= 0.6 is 0 Å². The van der Waals surface area contributed by atoms with Crippen molar-refractivity contribution in [2.45, 2.75) is 39.5 Å². The maximum Gasteiger partial charge on any atom is 0.241 e. The topological polar surface area (TPSA) is 52.9 Å². The number of carbonyl (C=O) groups excluding carboxylic acids is 1. The molecule has 0 aliphatic rings. The number of hydrogen-bond acceptors (Lipinski definition) is 2. The predicted molar refractivity (Wildman–Crippen MR) is 73.2 cm³/mol. The minimum Gasteiger partial charge on any atom is -0.325 e. The summed E-state index contributed by atoms with van der Waals surface area (Å²) in [6.45, 7) is 6.18. The van der Waals surface area contributed by atoms with Crippen LogP contribution in [0.1, 0.15) is 45.1 Å². The standard InChI is InChI=1S/C15H20N2O/c1-4-6-13(10-16)15(18)17-14-8-5-7-12(9-14)11(2)3/h5,7-9,11,13H,4,6H2,1-3H3,(H,17,18). The molecule has 3 nitrogen and oxygen atoms in total. The third-order valence-corrected chi connectivity index (χ3v) is 2.87. The first-order valence-corrected chi connectivity index (χ1v) is 6.39. The van der Waals surface area contributed by atoms with Crippen LogP contribution in [0, 0.1) is 17.2 Å². The van der Waals surface area contributed by atoms with Gasteiger partial charge in [0.05, 0.1) is 6.07 Å². The molecule has 18 heavy (non-hydrogen) atoms. The van der Waals surface area contributed by atoms with Crippen molar-refractivity contribution < 1.29 is 4.79 Å². The summed E-state index contributed by atoms with van der Waals surface area (Å²) in [5.41, 5.74) is 1.94. The predicted octanol–water partition coefficient (Wildman–Crippen LogP) is 3.69. The number of nitriles is 1. The van der Waals surface area contributed by atoms with Gasteiger partial charge < -0.3 is 5.32 Å². The SMILES string of the molecule is CCCC(C#N)C(=O)Nc1cccc(C(C)C)c1. The highest BCUT2D eigenvalue weighted by Crippen LogP contribution is 2.19. The van der Waals surface area contributed by atoms with Gasteiger partial charge in [-0.1, -0.05) is 39.3 Å². The van der Waals surface area contributed by atoms with E-state index in [1.807, 2.05) is 37.3 Å². The second-order valence-corrected chi connectivity index (χ2v) is 4.74. The van der Waals surface area contributed by atoms with Gasteiger partial charge in [-0.15, -0.1) is 0 Å². The number of nitrogens with zero attached hydrogens (tertiary/aromatic N) is 1. The average molecular weight is 244 g/mol. The van der Waals surface area contributed by atoms with Gasteiger partial charge in [-0.25, -0.2) is 0 Å². The molecule has 0 fully saturated rings. The van der Waals surface area contributed by atoms with Gasteiger partial charge in [0.2, 0.25) is 5.91 Å². The molecule has 0 aliphatic carbocycles. The number of hydrogen-bond donors (Lipinski definition) is 1. The number of amides is 1. The molecule has 0 radical (unpaired) electrons. The molecule has 0 spiro atoms. The Bertz CT molecular complexity index is 446. The molecule has 1 aromatic rings. The van der Waals surface area contributed by atoms with E-state index in [2.05, 4.69) is 19.2 Å². The van der Waals surface area contributed by atoms with Crippen LogP contribution in [0.5, 0.6) is 0 Å². The lowest BCUT2D eigenvalue weighted by molar-refractivity contribution is -0.118. The highest BCUT2D eigenvalue weighted by Gasteiger charge is 2.16. The van der Waals surface area contributed by atoms with E-state index in [4.69, 9.17) is 5.26 Å². The zero-order valence-electron chi connectivity index (χ0n) is 11.2. The summed E-state index contributed by atoms with van der Waals surface area (Å²) in [5.74, 6) is -0.345. The van der Waals surface area contributed by atoms with Crippen molar-refractivity contribution >= 4 is 11.6 Å². The molecule has 3 heteroatoms. The normalized spacial score (nSPS) is 11.9. The Balaban J connectivity index is 2.75. The quantitative estimate of drug-likeness (QED) is 0.858. The van der Waals surface area contributed by atoms with E-state index in [-0.39, 0.29) is 5.91 Å². The minimum atomic E-state index is -0.558. The Hall–Kier alpha value is -1.82. The molecule has 1 rings (SSSR count). The molecule has 1 unspecified atom stereocenters. The van der Waals surface area contributed by atoms with E-state index in [9.17, 15) is 4.79 Å². The smallest absolute Gasteiger partial charge is 0.241 e. The van der Waals surface area contributed by atoms with Crippen molar-refractivity contribution in [3.05, 3.63) is 29.8 Å². The lowest BCUT2D eigenvalue weighted by Gasteiger charge is -2.11. The van der Waals surface area contributed by atoms with Crippen LogP contribution in [0.2, 0.25) is 0 Å². The Morgan fingerprint density at radius 3 is 2.72 bits per heavy atom. The average Bonchev–Trinajstić information content (AvgIpc) is 2.36. The molecule has 0 bridgehead atoms. The summed E-state index contributed by atoms with van der Waals surface area (Å²) in [4.78, 5) is 11.9. The van der Waals surface area contributed by atoms with Gasteiger partial charge in [0.1, 0.15) is 5.92 Å². The fourth-order valence-electron chi connectivity index (χ4n) is 1.75. The van der Waals surface area contributed by atoms with Crippen LogP contribution in [-0.2, 0) is 4.79 Å². The molecule has 1 atom stereocenters. The Morgan fingerprint density at radius 1 is 1.44 bits per heavy atom. The molecule has 1 amide bonds. The van der Waals surface area contributed by atoms with E-state index >= 15 is 0 Å². The number of carbonyl (C=O) groups is 1. The van der Waals surface area contributed by atoms with Crippen molar-refractivity contribution in [3.63, 3.8) is 0 Å².